The average molecular weight is 638 g/mol. The summed E-state index contributed by atoms with van der Waals surface area (Å²) in [6, 6.07) is 4.18. The van der Waals surface area contributed by atoms with Crippen LogP contribution >= 0.6 is 0 Å². The lowest BCUT2D eigenvalue weighted by molar-refractivity contribution is -0.153. The minimum absolute atomic E-state index is 0.0125. The van der Waals surface area contributed by atoms with E-state index >= 15 is 0 Å². The van der Waals surface area contributed by atoms with Gasteiger partial charge in [0.15, 0.2) is 11.4 Å². The van der Waals surface area contributed by atoms with Crippen molar-refractivity contribution in [1.29, 1.82) is 0 Å². The first-order valence-corrected chi connectivity index (χ1v) is 15.1. The van der Waals surface area contributed by atoms with Crippen molar-refractivity contribution in [2.75, 3.05) is 67.3 Å². The fourth-order valence-electron chi connectivity index (χ4n) is 7.20. The number of anilines is 1. The highest BCUT2D eigenvalue weighted by atomic mass is 16.4. The van der Waals surface area contributed by atoms with Crippen molar-refractivity contribution in [3.63, 3.8) is 0 Å². The van der Waals surface area contributed by atoms with Crippen molar-refractivity contribution in [3.8, 4) is 17.1 Å². The zero-order valence-corrected chi connectivity index (χ0v) is 27.3. The molecule has 1 fully saturated rings. The Morgan fingerprint density at radius 3 is 2.30 bits per heavy atom. The molecule has 0 spiro atoms. The number of hydrogen-bond acceptors (Lipinski definition) is 12. The van der Waals surface area contributed by atoms with Gasteiger partial charge in [-0.25, -0.2) is 0 Å². The van der Waals surface area contributed by atoms with E-state index in [1.807, 2.05) is 46.2 Å². The smallest absolute Gasteiger partial charge is 0.255 e. The molecule has 5 rings (SSSR count). The Kier molecular flexibility index (Phi) is 8.58. The van der Waals surface area contributed by atoms with Crippen LogP contribution in [0.25, 0.3) is 17.1 Å². The van der Waals surface area contributed by atoms with Gasteiger partial charge in [0.25, 0.3) is 5.91 Å². The number of fused-ring (bicyclic) bond motifs is 3. The molecule has 3 aliphatic carbocycles. The summed E-state index contributed by atoms with van der Waals surface area (Å²) in [5.41, 5.74) is 3.23. The van der Waals surface area contributed by atoms with Crippen molar-refractivity contribution < 1.29 is 39.2 Å². The molecule has 2 aromatic rings. The van der Waals surface area contributed by atoms with Gasteiger partial charge in [0, 0.05) is 44.4 Å². The lowest BCUT2D eigenvalue weighted by Gasteiger charge is -2.50. The standard InChI is InChI=1S/C33H43N5O8/c1-35(2)10-11-38(7)15-17-8-9-22(46-17)19-14-21(36(3)4)18-12-16-13-20-26(37(5)6)29(41)25(32(34)44)31(43)33(20,45)30(42)23(16)28(40)24(18)27(19)39/h8-9,14,16,20,26,39-40,43,45H,10-13,15H2,1-7H3,(H2,34,44)/t16-,20-,26-,33+/m1/s1. The number of carbonyl (C=O) groups excluding carboxylic acids is 3. The summed E-state index contributed by atoms with van der Waals surface area (Å²) in [6.07, 6.45) is 0.208. The number of carbonyl (C=O) groups is 3. The Balaban J connectivity index is 1.63. The van der Waals surface area contributed by atoms with Crippen LogP contribution in [0.5, 0.6) is 5.75 Å². The van der Waals surface area contributed by atoms with Crippen LogP contribution < -0.4 is 10.6 Å². The maximum atomic E-state index is 14.2. The normalized spacial score (nSPS) is 24.5. The van der Waals surface area contributed by atoms with Crippen molar-refractivity contribution in [3.05, 3.63) is 52.0 Å². The quantitative estimate of drug-likeness (QED) is 0.249. The second-order valence-corrected chi connectivity index (χ2v) is 13.3. The minimum atomic E-state index is -2.70. The molecule has 1 aromatic heterocycles. The average Bonchev–Trinajstić information content (AvgIpc) is 3.41. The van der Waals surface area contributed by atoms with Crippen LogP contribution in [0.1, 0.15) is 23.3 Å². The Hall–Kier alpha value is -4.17. The molecule has 4 atom stereocenters. The van der Waals surface area contributed by atoms with Crippen LogP contribution in [0.4, 0.5) is 5.69 Å². The molecule has 248 valence electrons. The molecule has 0 bridgehead atoms. The van der Waals surface area contributed by atoms with Crippen molar-refractivity contribution in [2.24, 2.45) is 17.6 Å². The third kappa shape index (κ3) is 5.16. The Morgan fingerprint density at radius 1 is 1.04 bits per heavy atom. The van der Waals surface area contributed by atoms with Gasteiger partial charge in [0.2, 0.25) is 5.78 Å². The van der Waals surface area contributed by atoms with E-state index in [4.69, 9.17) is 10.2 Å². The molecule has 0 aliphatic heterocycles. The van der Waals surface area contributed by atoms with E-state index in [1.165, 1.54) is 4.90 Å². The summed E-state index contributed by atoms with van der Waals surface area (Å²) in [5, 5.41) is 46.4. The molecule has 1 aromatic carbocycles. The number of furan rings is 1. The molecule has 1 heterocycles. The number of ketones is 2. The number of aromatic hydroxyl groups is 1. The van der Waals surface area contributed by atoms with E-state index in [2.05, 4.69) is 9.80 Å². The number of Topliss-reactive ketones (excluding diaryl/α,β-unsaturated/α-hetero) is 2. The van der Waals surface area contributed by atoms with Crippen LogP contribution in [0.3, 0.4) is 0 Å². The van der Waals surface area contributed by atoms with Crippen molar-refractivity contribution in [2.45, 2.75) is 31.0 Å². The molecule has 0 unspecified atom stereocenters. The number of primary amides is 1. The molecule has 6 N–H and O–H groups in total. The monoisotopic (exact) mass is 637 g/mol. The van der Waals surface area contributed by atoms with E-state index < -0.39 is 58.0 Å². The van der Waals surface area contributed by atoms with E-state index in [1.54, 1.807) is 26.2 Å². The van der Waals surface area contributed by atoms with Crippen molar-refractivity contribution >= 4 is 28.9 Å². The maximum Gasteiger partial charge on any atom is 0.255 e. The Labute approximate surface area is 267 Å². The highest BCUT2D eigenvalue weighted by Gasteiger charge is 2.64. The first-order valence-electron chi connectivity index (χ1n) is 15.1. The van der Waals surface area contributed by atoms with E-state index in [0.29, 0.717) is 34.9 Å². The van der Waals surface area contributed by atoms with Crippen LogP contribution in [-0.4, -0.2) is 127 Å². The number of aliphatic hydroxyl groups excluding tert-OH is 2. The zero-order chi connectivity index (χ0) is 34.0. The Bertz CT molecular complexity index is 1670. The number of hydrogen-bond donors (Lipinski definition) is 5. The largest absolute Gasteiger partial charge is 0.508 e. The molecule has 0 saturated heterocycles. The van der Waals surface area contributed by atoms with E-state index in [-0.39, 0.29) is 29.7 Å². The number of likely N-dealkylation sites (N-methyl/N-ethyl adjacent to an activating group) is 3. The van der Waals surface area contributed by atoms with E-state index in [0.717, 1.165) is 13.1 Å². The van der Waals surface area contributed by atoms with Gasteiger partial charge >= 0.3 is 0 Å². The first kappa shape index (κ1) is 33.2. The van der Waals surface area contributed by atoms with Gasteiger partial charge in [-0.05, 0) is 77.8 Å². The molecule has 46 heavy (non-hydrogen) atoms. The molecular formula is C33H43N5O8. The lowest BCUT2D eigenvalue weighted by atomic mass is 9.57. The fourth-order valence-corrected chi connectivity index (χ4v) is 7.20. The number of aliphatic hydroxyl groups is 3. The van der Waals surface area contributed by atoms with Gasteiger partial charge in [-0.3, -0.25) is 24.2 Å². The first-order chi connectivity index (χ1) is 21.5. The van der Waals surface area contributed by atoms with Gasteiger partial charge in [-0.2, -0.15) is 0 Å². The third-order valence-electron chi connectivity index (χ3n) is 9.46. The zero-order valence-electron chi connectivity index (χ0n) is 27.3. The highest BCUT2D eigenvalue weighted by molar-refractivity contribution is 6.24. The summed E-state index contributed by atoms with van der Waals surface area (Å²) in [5.74, 6) is -5.86. The number of benzene rings is 1. The third-order valence-corrected chi connectivity index (χ3v) is 9.46. The highest BCUT2D eigenvalue weighted by Crippen LogP contribution is 2.55. The number of amides is 1. The van der Waals surface area contributed by atoms with Gasteiger partial charge in [-0.1, -0.05) is 0 Å². The van der Waals surface area contributed by atoms with Gasteiger partial charge < -0.3 is 40.4 Å². The SMILES string of the molecule is CN(C)CCN(C)Cc1ccc(-c2cc(N(C)C)c3c(c2O)C(O)=C2C(=O)[C@]4(O)C(O)=C(C(N)=O)C(=O)[C@H](N(C)C)[C@H]4C[C@H]2C3)o1. The second-order valence-electron chi connectivity index (χ2n) is 13.3. The topological polar surface area (TPSA) is 184 Å². The number of nitrogens with two attached hydrogens (primary N) is 1. The summed E-state index contributed by atoms with van der Waals surface area (Å²) in [4.78, 5) is 47.3. The molecule has 1 saturated carbocycles. The minimum Gasteiger partial charge on any atom is -0.508 e. The van der Waals surface area contributed by atoms with Crippen LogP contribution in [0, 0.1) is 11.8 Å². The molecule has 0 radical (unpaired) electrons. The van der Waals surface area contributed by atoms with Crippen LogP contribution in [0.15, 0.2) is 39.5 Å². The number of phenolic OH excluding ortho intramolecular Hbond substituents is 1. The molecule has 1 amide bonds. The van der Waals surface area contributed by atoms with Crippen molar-refractivity contribution in [1.82, 2.24) is 14.7 Å². The summed E-state index contributed by atoms with van der Waals surface area (Å²) < 4.78 is 6.14. The predicted octanol–water partition coefficient (Wildman–Crippen LogP) is 1.28. The van der Waals surface area contributed by atoms with E-state index in [9.17, 15) is 34.8 Å². The molecular weight excluding hydrogens is 594 g/mol. The summed E-state index contributed by atoms with van der Waals surface area (Å²) in [6.45, 7) is 2.22. The fraction of sp³-hybridized carbons (Fsp3) is 0.485. The van der Waals surface area contributed by atoms with Crippen LogP contribution in [0.2, 0.25) is 0 Å². The Morgan fingerprint density at radius 2 is 1.72 bits per heavy atom. The molecule has 13 nitrogen and oxygen atoms in total. The molecule has 13 heteroatoms. The number of phenols is 1. The summed E-state index contributed by atoms with van der Waals surface area (Å²) >= 11 is 0. The number of rotatable bonds is 9. The second kappa shape index (κ2) is 11.9. The van der Waals surface area contributed by atoms with Gasteiger partial charge in [0.05, 0.1) is 23.7 Å². The predicted molar refractivity (Wildman–Crippen MR) is 171 cm³/mol. The maximum absolute atomic E-state index is 14.2. The van der Waals surface area contributed by atoms with Gasteiger partial charge in [-0.15, -0.1) is 0 Å². The van der Waals surface area contributed by atoms with Crippen LogP contribution in [-0.2, 0) is 27.3 Å². The number of nitrogens with zero attached hydrogens (tertiary/aromatic N) is 4. The lowest BCUT2D eigenvalue weighted by Crippen LogP contribution is -2.65. The summed E-state index contributed by atoms with van der Waals surface area (Å²) in [7, 11) is 12.8. The molecule has 3 aliphatic rings. The van der Waals surface area contributed by atoms with Gasteiger partial charge in [0.1, 0.15) is 34.4 Å².